The molecule has 7 heteroatoms. The number of aromatic carboxylic acids is 1. The van der Waals surface area contributed by atoms with Crippen molar-refractivity contribution in [3.63, 3.8) is 0 Å². The molecule has 18 heavy (non-hydrogen) atoms. The first kappa shape index (κ1) is 12.9. The van der Waals surface area contributed by atoms with Gasteiger partial charge in [0.15, 0.2) is 5.69 Å². The number of aromatic nitrogens is 2. The highest BCUT2D eigenvalue weighted by Crippen LogP contribution is 2.24. The van der Waals surface area contributed by atoms with Gasteiger partial charge in [-0.2, -0.15) is 17.7 Å². The maximum Gasteiger partial charge on any atom is 0.357 e. The van der Waals surface area contributed by atoms with Crippen molar-refractivity contribution >= 4 is 29.5 Å². The van der Waals surface area contributed by atoms with Crippen LogP contribution < -0.4 is 0 Å². The number of H-pyrrole nitrogens is 1. The molecule has 1 heterocycles. The summed E-state index contributed by atoms with van der Waals surface area (Å²) >= 11 is 3.90. The number of rotatable bonds is 4. The highest BCUT2D eigenvalue weighted by Gasteiger charge is 2.19. The number of aliphatic hydroxyl groups is 2. The number of benzene rings is 1. The van der Waals surface area contributed by atoms with Crippen molar-refractivity contribution in [1.29, 1.82) is 0 Å². The summed E-state index contributed by atoms with van der Waals surface area (Å²) < 4.78 is 0. The molecule has 2 rings (SSSR count). The van der Waals surface area contributed by atoms with Gasteiger partial charge in [0.1, 0.15) is 6.10 Å². The summed E-state index contributed by atoms with van der Waals surface area (Å²) in [6.45, 7) is 0. The molecule has 0 fully saturated rings. The second-order valence-corrected chi connectivity index (χ2v) is 4.24. The van der Waals surface area contributed by atoms with Gasteiger partial charge in [0.05, 0.1) is 11.6 Å². The summed E-state index contributed by atoms with van der Waals surface area (Å²) in [5, 5.41) is 35.0. The Hall–Kier alpha value is -1.57. The zero-order valence-electron chi connectivity index (χ0n) is 9.24. The number of nitrogens with zero attached hydrogens (tertiary/aromatic N) is 1. The molecule has 1 aromatic carbocycles. The van der Waals surface area contributed by atoms with Crippen LogP contribution >= 0.6 is 12.6 Å². The lowest BCUT2D eigenvalue weighted by atomic mass is 10.0. The van der Waals surface area contributed by atoms with Gasteiger partial charge in [-0.05, 0) is 17.7 Å². The van der Waals surface area contributed by atoms with Gasteiger partial charge in [-0.15, -0.1) is 0 Å². The van der Waals surface area contributed by atoms with Crippen LogP contribution in [-0.4, -0.2) is 43.3 Å². The van der Waals surface area contributed by atoms with Crippen molar-refractivity contribution in [1.82, 2.24) is 10.2 Å². The molecular formula is C11H12N2O4S. The van der Waals surface area contributed by atoms with Crippen LogP contribution in [0.25, 0.3) is 10.9 Å². The van der Waals surface area contributed by atoms with Crippen LogP contribution in [0.4, 0.5) is 0 Å². The van der Waals surface area contributed by atoms with E-state index in [1.807, 2.05) is 0 Å². The summed E-state index contributed by atoms with van der Waals surface area (Å²) in [7, 11) is 0. The third kappa shape index (κ3) is 2.20. The topological polar surface area (TPSA) is 106 Å². The van der Waals surface area contributed by atoms with Crippen LogP contribution in [0.3, 0.4) is 0 Å². The maximum absolute atomic E-state index is 10.9. The standard InChI is InChI=1S/C11H12N2O4S/c14-8(4-18)10(15)5-1-2-7-6(3-5)9(11(16)17)13-12-7/h1-3,8,10,14-15,18H,4H2,(H,12,13)(H,16,17). The van der Waals surface area contributed by atoms with Gasteiger partial charge in [0.25, 0.3) is 0 Å². The number of hydrogen-bond acceptors (Lipinski definition) is 5. The number of aliphatic hydroxyl groups excluding tert-OH is 2. The quantitative estimate of drug-likeness (QED) is 0.522. The van der Waals surface area contributed by atoms with Crippen LogP contribution in [0.2, 0.25) is 0 Å². The number of aromatic amines is 1. The van der Waals surface area contributed by atoms with Crippen molar-refractivity contribution in [3.05, 3.63) is 29.5 Å². The van der Waals surface area contributed by atoms with Crippen molar-refractivity contribution in [2.24, 2.45) is 0 Å². The lowest BCUT2D eigenvalue weighted by Crippen LogP contribution is -2.19. The Morgan fingerprint density at radius 1 is 1.44 bits per heavy atom. The van der Waals surface area contributed by atoms with Gasteiger partial charge in [-0.3, -0.25) is 5.10 Å². The lowest BCUT2D eigenvalue weighted by Gasteiger charge is -2.16. The van der Waals surface area contributed by atoms with Crippen molar-refractivity contribution in [2.75, 3.05) is 5.75 Å². The first-order valence-corrected chi connectivity index (χ1v) is 5.86. The number of fused-ring (bicyclic) bond motifs is 1. The van der Waals surface area contributed by atoms with E-state index in [4.69, 9.17) is 5.11 Å². The minimum absolute atomic E-state index is 0.108. The third-order valence-corrected chi connectivity index (χ3v) is 3.06. The fourth-order valence-electron chi connectivity index (χ4n) is 1.70. The van der Waals surface area contributed by atoms with Gasteiger partial charge in [-0.25, -0.2) is 4.79 Å². The van der Waals surface area contributed by atoms with Crippen LogP contribution in [0.1, 0.15) is 22.2 Å². The van der Waals surface area contributed by atoms with Gasteiger partial charge in [-0.1, -0.05) is 6.07 Å². The molecule has 0 spiro atoms. The monoisotopic (exact) mass is 268 g/mol. The van der Waals surface area contributed by atoms with Gasteiger partial charge >= 0.3 is 5.97 Å². The van der Waals surface area contributed by atoms with E-state index >= 15 is 0 Å². The minimum Gasteiger partial charge on any atom is -0.476 e. The maximum atomic E-state index is 10.9. The van der Waals surface area contributed by atoms with Crippen molar-refractivity contribution in [3.8, 4) is 0 Å². The number of hydrogen-bond donors (Lipinski definition) is 5. The Morgan fingerprint density at radius 2 is 2.17 bits per heavy atom. The molecule has 2 atom stereocenters. The summed E-state index contributed by atoms with van der Waals surface area (Å²) in [5.41, 5.74) is 0.871. The van der Waals surface area contributed by atoms with E-state index in [0.717, 1.165) is 0 Å². The Labute approximate surface area is 108 Å². The van der Waals surface area contributed by atoms with Crippen molar-refractivity contribution < 1.29 is 20.1 Å². The molecule has 0 aliphatic rings. The summed E-state index contributed by atoms with van der Waals surface area (Å²) in [5.74, 6) is -1.04. The molecule has 0 bridgehead atoms. The van der Waals surface area contributed by atoms with E-state index in [2.05, 4.69) is 22.8 Å². The normalized spacial score (nSPS) is 14.6. The van der Waals surface area contributed by atoms with E-state index in [1.165, 1.54) is 6.07 Å². The van der Waals surface area contributed by atoms with E-state index in [-0.39, 0.29) is 11.4 Å². The van der Waals surface area contributed by atoms with Crippen LogP contribution in [0, 0.1) is 0 Å². The van der Waals surface area contributed by atoms with Gasteiger partial charge in [0.2, 0.25) is 0 Å². The molecule has 6 nitrogen and oxygen atoms in total. The molecule has 4 N–H and O–H groups in total. The van der Waals surface area contributed by atoms with E-state index in [9.17, 15) is 15.0 Å². The largest absolute Gasteiger partial charge is 0.476 e. The second-order valence-electron chi connectivity index (χ2n) is 3.88. The fourth-order valence-corrected chi connectivity index (χ4v) is 1.90. The number of carboxylic acids is 1. The van der Waals surface area contributed by atoms with E-state index in [0.29, 0.717) is 16.5 Å². The molecule has 96 valence electrons. The first-order valence-electron chi connectivity index (χ1n) is 5.23. The first-order chi connectivity index (χ1) is 8.54. The molecule has 0 saturated heterocycles. The van der Waals surface area contributed by atoms with Crippen LogP contribution in [0.5, 0.6) is 0 Å². The van der Waals surface area contributed by atoms with E-state index in [1.54, 1.807) is 12.1 Å². The molecular weight excluding hydrogens is 256 g/mol. The van der Waals surface area contributed by atoms with Gasteiger partial charge < -0.3 is 15.3 Å². The smallest absolute Gasteiger partial charge is 0.357 e. The predicted molar refractivity (Wildman–Crippen MR) is 67.9 cm³/mol. The second kappa shape index (κ2) is 4.97. The molecule has 2 aromatic rings. The SMILES string of the molecule is O=C(O)c1n[nH]c2ccc(C(O)C(O)CS)cc12. The van der Waals surface area contributed by atoms with Gasteiger partial charge in [0, 0.05) is 11.1 Å². The third-order valence-electron chi connectivity index (χ3n) is 2.68. The Morgan fingerprint density at radius 3 is 2.78 bits per heavy atom. The fraction of sp³-hybridized carbons (Fsp3) is 0.273. The highest BCUT2D eigenvalue weighted by molar-refractivity contribution is 7.80. The van der Waals surface area contributed by atoms with Crippen LogP contribution in [-0.2, 0) is 0 Å². The molecule has 0 radical (unpaired) electrons. The Balaban J connectivity index is 2.48. The number of carboxylic acid groups (broad SMARTS) is 1. The average molecular weight is 268 g/mol. The zero-order valence-corrected chi connectivity index (χ0v) is 10.1. The molecule has 0 saturated carbocycles. The summed E-state index contributed by atoms with van der Waals surface area (Å²) in [4.78, 5) is 10.9. The number of nitrogens with one attached hydrogen (secondary N) is 1. The zero-order chi connectivity index (χ0) is 13.3. The van der Waals surface area contributed by atoms with Crippen LogP contribution in [0.15, 0.2) is 18.2 Å². The molecule has 1 aromatic heterocycles. The number of thiol groups is 1. The summed E-state index contributed by atoms with van der Waals surface area (Å²) in [6.07, 6.45) is -2.12. The van der Waals surface area contributed by atoms with E-state index < -0.39 is 18.2 Å². The Bertz CT molecular complexity index is 583. The number of carbonyl (C=O) groups is 1. The minimum atomic E-state index is -1.15. The van der Waals surface area contributed by atoms with Crippen molar-refractivity contribution in [2.45, 2.75) is 12.2 Å². The molecule has 0 aliphatic carbocycles. The summed E-state index contributed by atoms with van der Waals surface area (Å²) in [6, 6.07) is 4.71. The average Bonchev–Trinajstić information content (AvgIpc) is 2.79. The molecule has 2 unspecified atom stereocenters. The predicted octanol–water partition coefficient (Wildman–Crippen LogP) is 0.585. The molecule has 0 aliphatic heterocycles. The lowest BCUT2D eigenvalue weighted by molar-refractivity contribution is 0.0338. The Kier molecular flexibility index (Phi) is 3.55. The highest BCUT2D eigenvalue weighted by atomic mass is 32.1. The molecule has 0 amide bonds.